The standard InChI is InChI=1S/C12H15NO4/c1-2-17-8-7-11(14)13-10-6-4-3-5-9(10)12(15)16/h3-6H,2,7-8H2,1H3,(H,13,14)(H,15,16). The molecule has 5 heteroatoms. The smallest absolute Gasteiger partial charge is 0.337 e. The second-order valence-corrected chi connectivity index (χ2v) is 3.35. The van der Waals surface area contributed by atoms with E-state index in [9.17, 15) is 9.59 Å². The fraction of sp³-hybridized carbons (Fsp3) is 0.333. The molecular formula is C12H15NO4. The summed E-state index contributed by atoms with van der Waals surface area (Å²) in [6, 6.07) is 6.28. The number of carbonyl (C=O) groups is 2. The summed E-state index contributed by atoms with van der Waals surface area (Å²) in [6.07, 6.45) is 0.210. The molecule has 0 heterocycles. The topological polar surface area (TPSA) is 75.6 Å². The lowest BCUT2D eigenvalue weighted by Crippen LogP contribution is -2.16. The van der Waals surface area contributed by atoms with Crippen LogP contribution in [0.3, 0.4) is 0 Å². The number of anilines is 1. The van der Waals surface area contributed by atoms with Crippen LogP contribution < -0.4 is 5.32 Å². The number of para-hydroxylation sites is 1. The maximum atomic E-state index is 11.5. The molecule has 0 spiro atoms. The van der Waals surface area contributed by atoms with Crippen LogP contribution in [0.1, 0.15) is 23.7 Å². The van der Waals surface area contributed by atoms with Gasteiger partial charge in [-0.2, -0.15) is 0 Å². The van der Waals surface area contributed by atoms with Crippen LogP contribution in [0.25, 0.3) is 0 Å². The van der Waals surface area contributed by atoms with E-state index in [-0.39, 0.29) is 17.9 Å². The number of hydrogen-bond donors (Lipinski definition) is 2. The Hall–Kier alpha value is -1.88. The monoisotopic (exact) mass is 237 g/mol. The SMILES string of the molecule is CCOCCC(=O)Nc1ccccc1C(=O)O. The maximum absolute atomic E-state index is 11.5. The van der Waals surface area contributed by atoms with Crippen LogP contribution in [-0.4, -0.2) is 30.2 Å². The quantitative estimate of drug-likeness (QED) is 0.739. The van der Waals surface area contributed by atoms with Crippen molar-refractivity contribution in [2.45, 2.75) is 13.3 Å². The van der Waals surface area contributed by atoms with Gasteiger partial charge in [-0.1, -0.05) is 12.1 Å². The van der Waals surface area contributed by atoms with Crippen molar-refractivity contribution < 1.29 is 19.4 Å². The Labute approximate surface area is 99.4 Å². The molecule has 17 heavy (non-hydrogen) atoms. The van der Waals surface area contributed by atoms with Crippen molar-refractivity contribution >= 4 is 17.6 Å². The summed E-state index contributed by atoms with van der Waals surface area (Å²) >= 11 is 0. The van der Waals surface area contributed by atoms with Gasteiger partial charge in [0.05, 0.1) is 24.3 Å². The Morgan fingerprint density at radius 3 is 2.71 bits per heavy atom. The van der Waals surface area contributed by atoms with Crippen molar-refractivity contribution in [1.82, 2.24) is 0 Å². The van der Waals surface area contributed by atoms with Gasteiger partial charge in [0.1, 0.15) is 0 Å². The highest BCUT2D eigenvalue weighted by molar-refractivity contribution is 6.00. The summed E-state index contributed by atoms with van der Waals surface area (Å²) in [7, 11) is 0. The van der Waals surface area contributed by atoms with Gasteiger partial charge in [-0.15, -0.1) is 0 Å². The molecule has 0 saturated heterocycles. The maximum Gasteiger partial charge on any atom is 0.337 e. The molecule has 0 aliphatic heterocycles. The second-order valence-electron chi connectivity index (χ2n) is 3.35. The molecule has 0 aliphatic carbocycles. The molecule has 0 unspecified atom stereocenters. The Balaban J connectivity index is 2.61. The van der Waals surface area contributed by atoms with Crippen LogP contribution in [0.2, 0.25) is 0 Å². The van der Waals surface area contributed by atoms with E-state index in [1.54, 1.807) is 18.2 Å². The molecule has 0 bridgehead atoms. The molecule has 0 aromatic heterocycles. The largest absolute Gasteiger partial charge is 0.478 e. The first-order valence-electron chi connectivity index (χ1n) is 5.35. The minimum Gasteiger partial charge on any atom is -0.478 e. The van der Waals surface area contributed by atoms with Gasteiger partial charge in [-0.05, 0) is 19.1 Å². The third-order valence-electron chi connectivity index (χ3n) is 2.11. The van der Waals surface area contributed by atoms with E-state index in [1.165, 1.54) is 6.07 Å². The predicted octanol–water partition coefficient (Wildman–Crippen LogP) is 1.75. The molecular weight excluding hydrogens is 222 g/mol. The van der Waals surface area contributed by atoms with Gasteiger partial charge in [-0.3, -0.25) is 4.79 Å². The van der Waals surface area contributed by atoms with Gasteiger partial charge in [-0.25, -0.2) is 4.79 Å². The fourth-order valence-corrected chi connectivity index (χ4v) is 1.30. The van der Waals surface area contributed by atoms with E-state index < -0.39 is 5.97 Å². The predicted molar refractivity (Wildman–Crippen MR) is 63.1 cm³/mol. The minimum atomic E-state index is -1.06. The van der Waals surface area contributed by atoms with Crippen LogP contribution in [-0.2, 0) is 9.53 Å². The summed E-state index contributed by atoms with van der Waals surface area (Å²) in [5.74, 6) is -1.32. The third-order valence-corrected chi connectivity index (χ3v) is 2.11. The van der Waals surface area contributed by atoms with E-state index in [4.69, 9.17) is 9.84 Å². The van der Waals surface area contributed by atoms with Crippen molar-refractivity contribution in [2.75, 3.05) is 18.5 Å². The number of ether oxygens (including phenoxy) is 1. The highest BCUT2D eigenvalue weighted by Crippen LogP contribution is 2.14. The highest BCUT2D eigenvalue weighted by atomic mass is 16.5. The molecule has 0 radical (unpaired) electrons. The van der Waals surface area contributed by atoms with E-state index >= 15 is 0 Å². The number of nitrogens with one attached hydrogen (secondary N) is 1. The molecule has 1 aromatic carbocycles. The number of carboxylic acid groups (broad SMARTS) is 1. The van der Waals surface area contributed by atoms with Crippen molar-refractivity contribution in [3.8, 4) is 0 Å². The molecule has 0 atom stereocenters. The van der Waals surface area contributed by atoms with Gasteiger partial charge in [0.15, 0.2) is 0 Å². The van der Waals surface area contributed by atoms with E-state index in [2.05, 4.69) is 5.32 Å². The zero-order valence-electron chi connectivity index (χ0n) is 9.60. The average Bonchev–Trinajstić information content (AvgIpc) is 2.29. The number of carbonyl (C=O) groups excluding carboxylic acids is 1. The third kappa shape index (κ3) is 4.24. The van der Waals surface area contributed by atoms with Gasteiger partial charge in [0.25, 0.3) is 0 Å². The summed E-state index contributed by atoms with van der Waals surface area (Å²) in [4.78, 5) is 22.4. The lowest BCUT2D eigenvalue weighted by Gasteiger charge is -2.08. The number of hydrogen-bond acceptors (Lipinski definition) is 3. The molecule has 1 amide bonds. The van der Waals surface area contributed by atoms with E-state index in [0.29, 0.717) is 18.9 Å². The number of carboxylic acids is 1. The lowest BCUT2D eigenvalue weighted by molar-refractivity contribution is -0.117. The van der Waals surface area contributed by atoms with Crippen molar-refractivity contribution in [2.24, 2.45) is 0 Å². The molecule has 1 aromatic rings. The van der Waals surface area contributed by atoms with E-state index in [1.807, 2.05) is 6.92 Å². The Bertz CT molecular complexity index is 403. The second kappa shape index (κ2) is 6.65. The minimum absolute atomic E-state index is 0.0808. The summed E-state index contributed by atoms with van der Waals surface area (Å²) in [6.45, 7) is 2.73. The molecule has 2 N–H and O–H groups in total. The number of rotatable bonds is 6. The van der Waals surface area contributed by atoms with Crippen LogP contribution in [0.4, 0.5) is 5.69 Å². The van der Waals surface area contributed by atoms with E-state index in [0.717, 1.165) is 0 Å². The first kappa shape index (κ1) is 13.2. The molecule has 0 aliphatic rings. The van der Waals surface area contributed by atoms with Gasteiger partial charge in [0.2, 0.25) is 5.91 Å². The summed E-state index contributed by atoms with van der Waals surface area (Å²) in [5.41, 5.74) is 0.388. The molecule has 0 saturated carbocycles. The lowest BCUT2D eigenvalue weighted by atomic mass is 10.2. The average molecular weight is 237 g/mol. The summed E-state index contributed by atoms with van der Waals surface area (Å²) < 4.78 is 5.04. The fourth-order valence-electron chi connectivity index (χ4n) is 1.30. The number of benzene rings is 1. The molecule has 1 rings (SSSR count). The Morgan fingerprint density at radius 1 is 1.35 bits per heavy atom. The highest BCUT2D eigenvalue weighted by Gasteiger charge is 2.11. The first-order valence-corrected chi connectivity index (χ1v) is 5.35. The van der Waals surface area contributed by atoms with Gasteiger partial charge in [0, 0.05) is 6.61 Å². The van der Waals surface area contributed by atoms with Crippen LogP contribution in [0.5, 0.6) is 0 Å². The van der Waals surface area contributed by atoms with Crippen molar-refractivity contribution in [3.63, 3.8) is 0 Å². The summed E-state index contributed by atoms with van der Waals surface area (Å²) in [5, 5.41) is 11.5. The number of amides is 1. The van der Waals surface area contributed by atoms with Gasteiger partial charge >= 0.3 is 5.97 Å². The molecule has 0 fully saturated rings. The molecule has 92 valence electrons. The Kier molecular flexibility index (Phi) is 5.16. The molecule has 5 nitrogen and oxygen atoms in total. The Morgan fingerprint density at radius 2 is 2.06 bits per heavy atom. The van der Waals surface area contributed by atoms with Crippen LogP contribution in [0, 0.1) is 0 Å². The van der Waals surface area contributed by atoms with Crippen LogP contribution in [0.15, 0.2) is 24.3 Å². The normalized spacial score (nSPS) is 9.94. The zero-order valence-corrected chi connectivity index (χ0v) is 9.60. The van der Waals surface area contributed by atoms with Crippen LogP contribution >= 0.6 is 0 Å². The van der Waals surface area contributed by atoms with Crippen molar-refractivity contribution in [3.05, 3.63) is 29.8 Å². The number of aromatic carboxylic acids is 1. The van der Waals surface area contributed by atoms with Gasteiger partial charge < -0.3 is 15.2 Å². The zero-order chi connectivity index (χ0) is 12.7. The first-order chi connectivity index (χ1) is 8.15. The van der Waals surface area contributed by atoms with Crippen molar-refractivity contribution in [1.29, 1.82) is 0 Å².